The number of nitrogens with zero attached hydrogens (tertiary/aromatic N) is 1. The van der Waals surface area contributed by atoms with Crippen molar-refractivity contribution in [3.63, 3.8) is 0 Å². The standard InChI is InChI=1S/C13H24N2/c1-4-5-6-7-9-15-10-8-14-11-13(15)12(2)3/h1,12-14H,5-11H2,2-3H3. The topological polar surface area (TPSA) is 15.3 Å². The highest BCUT2D eigenvalue weighted by atomic mass is 15.2. The summed E-state index contributed by atoms with van der Waals surface area (Å²) in [6.07, 6.45) is 8.59. The molecule has 1 atom stereocenters. The molecule has 0 bridgehead atoms. The van der Waals surface area contributed by atoms with Gasteiger partial charge in [-0.1, -0.05) is 13.8 Å². The molecule has 0 aromatic carbocycles. The van der Waals surface area contributed by atoms with Gasteiger partial charge in [-0.25, -0.2) is 0 Å². The van der Waals surface area contributed by atoms with Crippen LogP contribution in [0.15, 0.2) is 0 Å². The molecular formula is C13H24N2. The quantitative estimate of drug-likeness (QED) is 0.547. The first-order chi connectivity index (χ1) is 7.25. The van der Waals surface area contributed by atoms with Crippen LogP contribution < -0.4 is 5.32 Å². The summed E-state index contributed by atoms with van der Waals surface area (Å²) in [6.45, 7) is 9.31. The SMILES string of the molecule is C#CCCCCN1CCNCC1C(C)C. The van der Waals surface area contributed by atoms with E-state index >= 15 is 0 Å². The van der Waals surface area contributed by atoms with Gasteiger partial charge in [0.15, 0.2) is 0 Å². The summed E-state index contributed by atoms with van der Waals surface area (Å²) < 4.78 is 0. The number of rotatable bonds is 5. The molecule has 1 rings (SSSR count). The van der Waals surface area contributed by atoms with Crippen molar-refractivity contribution in [1.82, 2.24) is 10.2 Å². The van der Waals surface area contributed by atoms with Crippen LogP contribution in [0, 0.1) is 18.3 Å². The Bertz CT molecular complexity index is 205. The second-order valence-corrected chi connectivity index (χ2v) is 4.71. The third-order valence-corrected chi connectivity index (χ3v) is 3.18. The molecular weight excluding hydrogens is 184 g/mol. The molecule has 86 valence electrons. The Kier molecular flexibility index (Phi) is 5.75. The molecule has 0 saturated carbocycles. The predicted octanol–water partition coefficient (Wildman–Crippen LogP) is 1.72. The molecule has 1 heterocycles. The Morgan fingerprint density at radius 3 is 2.93 bits per heavy atom. The van der Waals surface area contributed by atoms with Crippen LogP contribution in [0.2, 0.25) is 0 Å². The van der Waals surface area contributed by atoms with E-state index in [1.165, 1.54) is 25.9 Å². The molecule has 15 heavy (non-hydrogen) atoms. The third-order valence-electron chi connectivity index (χ3n) is 3.18. The Morgan fingerprint density at radius 2 is 2.27 bits per heavy atom. The van der Waals surface area contributed by atoms with Crippen LogP contribution in [-0.2, 0) is 0 Å². The van der Waals surface area contributed by atoms with Gasteiger partial charge in [0, 0.05) is 32.1 Å². The van der Waals surface area contributed by atoms with Crippen LogP contribution in [0.5, 0.6) is 0 Å². The molecule has 0 amide bonds. The maximum absolute atomic E-state index is 5.25. The molecule has 0 aliphatic carbocycles. The summed E-state index contributed by atoms with van der Waals surface area (Å²) >= 11 is 0. The molecule has 1 aliphatic rings. The van der Waals surface area contributed by atoms with Gasteiger partial charge in [-0.3, -0.25) is 4.90 Å². The van der Waals surface area contributed by atoms with Gasteiger partial charge in [0.1, 0.15) is 0 Å². The monoisotopic (exact) mass is 208 g/mol. The highest BCUT2D eigenvalue weighted by Crippen LogP contribution is 2.13. The van der Waals surface area contributed by atoms with E-state index in [-0.39, 0.29) is 0 Å². The van der Waals surface area contributed by atoms with E-state index in [0.29, 0.717) is 6.04 Å². The molecule has 0 spiro atoms. The van der Waals surface area contributed by atoms with Gasteiger partial charge < -0.3 is 5.32 Å². The number of terminal acetylenes is 1. The maximum atomic E-state index is 5.25. The largest absolute Gasteiger partial charge is 0.314 e. The van der Waals surface area contributed by atoms with Gasteiger partial charge in [0.2, 0.25) is 0 Å². The molecule has 0 radical (unpaired) electrons. The van der Waals surface area contributed by atoms with Crippen LogP contribution in [-0.4, -0.2) is 37.1 Å². The number of hydrogen-bond donors (Lipinski definition) is 1. The number of piperazine rings is 1. The molecule has 2 nitrogen and oxygen atoms in total. The zero-order valence-corrected chi connectivity index (χ0v) is 10.1. The molecule has 1 fully saturated rings. The highest BCUT2D eigenvalue weighted by molar-refractivity contribution is 4.84. The van der Waals surface area contributed by atoms with Gasteiger partial charge in [0.25, 0.3) is 0 Å². The molecule has 0 aromatic rings. The van der Waals surface area contributed by atoms with Gasteiger partial charge >= 0.3 is 0 Å². The Hall–Kier alpha value is -0.520. The van der Waals surface area contributed by atoms with E-state index in [1.807, 2.05) is 0 Å². The highest BCUT2D eigenvalue weighted by Gasteiger charge is 2.23. The van der Waals surface area contributed by atoms with Crippen LogP contribution in [0.25, 0.3) is 0 Å². The van der Waals surface area contributed by atoms with Crippen molar-refractivity contribution in [1.29, 1.82) is 0 Å². The summed E-state index contributed by atoms with van der Waals surface area (Å²) in [4.78, 5) is 2.62. The third kappa shape index (κ3) is 4.24. The molecule has 1 unspecified atom stereocenters. The summed E-state index contributed by atoms with van der Waals surface area (Å²) in [5.41, 5.74) is 0. The zero-order valence-electron chi connectivity index (χ0n) is 10.1. The van der Waals surface area contributed by atoms with Crippen molar-refractivity contribution < 1.29 is 0 Å². The van der Waals surface area contributed by atoms with E-state index in [9.17, 15) is 0 Å². The summed E-state index contributed by atoms with van der Waals surface area (Å²) in [6, 6.07) is 0.713. The van der Waals surface area contributed by atoms with E-state index in [1.54, 1.807) is 0 Å². The van der Waals surface area contributed by atoms with Crippen molar-refractivity contribution in [2.45, 2.75) is 39.2 Å². The van der Waals surface area contributed by atoms with E-state index in [0.717, 1.165) is 25.4 Å². The first kappa shape index (κ1) is 12.5. The first-order valence-corrected chi connectivity index (χ1v) is 6.14. The van der Waals surface area contributed by atoms with Crippen molar-refractivity contribution in [2.75, 3.05) is 26.2 Å². The lowest BCUT2D eigenvalue weighted by Gasteiger charge is -2.38. The van der Waals surface area contributed by atoms with Crippen molar-refractivity contribution in [3.05, 3.63) is 0 Å². The minimum Gasteiger partial charge on any atom is -0.314 e. The molecule has 2 heteroatoms. The smallest absolute Gasteiger partial charge is 0.0244 e. The predicted molar refractivity (Wildman–Crippen MR) is 65.8 cm³/mol. The van der Waals surface area contributed by atoms with Gasteiger partial charge in [-0.15, -0.1) is 12.3 Å². The van der Waals surface area contributed by atoms with Crippen LogP contribution in [0.3, 0.4) is 0 Å². The van der Waals surface area contributed by atoms with E-state index in [2.05, 4.69) is 30.0 Å². The molecule has 0 aromatic heterocycles. The zero-order chi connectivity index (χ0) is 11.1. The normalized spacial score (nSPS) is 22.9. The number of unbranched alkanes of at least 4 members (excludes halogenated alkanes) is 2. The Balaban J connectivity index is 2.27. The Labute approximate surface area is 94.4 Å². The minimum atomic E-state index is 0.713. The number of nitrogens with one attached hydrogen (secondary N) is 1. The molecule has 1 N–H and O–H groups in total. The second kappa shape index (κ2) is 6.87. The number of hydrogen-bond acceptors (Lipinski definition) is 2. The fourth-order valence-corrected chi connectivity index (χ4v) is 2.24. The molecule has 1 saturated heterocycles. The average molecular weight is 208 g/mol. The summed E-state index contributed by atoms with van der Waals surface area (Å²) in [5, 5.41) is 3.47. The van der Waals surface area contributed by atoms with Crippen molar-refractivity contribution >= 4 is 0 Å². The lowest BCUT2D eigenvalue weighted by atomic mass is 10.00. The van der Waals surface area contributed by atoms with Gasteiger partial charge in [0.05, 0.1) is 0 Å². The second-order valence-electron chi connectivity index (χ2n) is 4.71. The van der Waals surface area contributed by atoms with Gasteiger partial charge in [-0.05, 0) is 25.3 Å². The maximum Gasteiger partial charge on any atom is 0.0244 e. The lowest BCUT2D eigenvalue weighted by Crippen LogP contribution is -2.53. The summed E-state index contributed by atoms with van der Waals surface area (Å²) in [5.74, 6) is 3.45. The lowest BCUT2D eigenvalue weighted by molar-refractivity contribution is 0.123. The fraction of sp³-hybridized carbons (Fsp3) is 0.846. The Morgan fingerprint density at radius 1 is 1.47 bits per heavy atom. The van der Waals surface area contributed by atoms with E-state index < -0.39 is 0 Å². The van der Waals surface area contributed by atoms with Crippen LogP contribution in [0.1, 0.15) is 33.1 Å². The van der Waals surface area contributed by atoms with Crippen molar-refractivity contribution in [2.24, 2.45) is 5.92 Å². The first-order valence-electron chi connectivity index (χ1n) is 6.14. The van der Waals surface area contributed by atoms with E-state index in [4.69, 9.17) is 6.42 Å². The fourth-order valence-electron chi connectivity index (χ4n) is 2.24. The average Bonchev–Trinajstić information content (AvgIpc) is 2.25. The van der Waals surface area contributed by atoms with Crippen LogP contribution >= 0.6 is 0 Å². The summed E-state index contributed by atoms with van der Waals surface area (Å²) in [7, 11) is 0. The molecule has 1 aliphatic heterocycles. The van der Waals surface area contributed by atoms with Crippen LogP contribution in [0.4, 0.5) is 0 Å². The van der Waals surface area contributed by atoms with Crippen molar-refractivity contribution in [3.8, 4) is 12.3 Å². The minimum absolute atomic E-state index is 0.713. The van der Waals surface area contributed by atoms with Gasteiger partial charge in [-0.2, -0.15) is 0 Å².